The monoisotopic (exact) mass is 258 g/mol. The third kappa shape index (κ3) is 2.11. The molecule has 18 heavy (non-hydrogen) atoms. The molecule has 1 unspecified atom stereocenters. The van der Waals surface area contributed by atoms with E-state index in [0.717, 1.165) is 17.5 Å². The quantitative estimate of drug-likeness (QED) is 0.751. The summed E-state index contributed by atoms with van der Waals surface area (Å²) in [6.45, 7) is 2.15. The number of hydrogen-bond acceptors (Lipinski definition) is 4. The molecular weight excluding hydrogens is 244 g/mol. The van der Waals surface area contributed by atoms with Crippen molar-refractivity contribution < 1.29 is 4.42 Å². The molecule has 0 amide bonds. The van der Waals surface area contributed by atoms with Gasteiger partial charge in [-0.25, -0.2) is 0 Å². The first-order valence-corrected chi connectivity index (χ1v) is 6.90. The topological polar surface area (TPSA) is 38.1 Å². The number of aromatic nitrogens is 1. The van der Waals surface area contributed by atoms with Gasteiger partial charge in [0.1, 0.15) is 5.52 Å². The molecule has 1 aromatic carbocycles. The van der Waals surface area contributed by atoms with Crippen LogP contribution >= 0.6 is 11.3 Å². The molecule has 1 N–H and O–H groups in total. The Morgan fingerprint density at radius 3 is 2.89 bits per heavy atom. The average molecular weight is 258 g/mol. The number of hydrogen-bond donors (Lipinski definition) is 1. The van der Waals surface area contributed by atoms with Crippen LogP contribution in [0.2, 0.25) is 0 Å². The Bertz CT molecular complexity index is 597. The van der Waals surface area contributed by atoms with Crippen LogP contribution in [0.15, 0.2) is 46.2 Å². The smallest absolute Gasteiger partial charge is 0.296 e. The normalized spacial score (nSPS) is 12.7. The number of anilines is 1. The van der Waals surface area contributed by atoms with E-state index in [-0.39, 0.29) is 6.04 Å². The highest BCUT2D eigenvalue weighted by Crippen LogP contribution is 2.27. The molecule has 0 aliphatic heterocycles. The Balaban J connectivity index is 1.86. The van der Waals surface area contributed by atoms with E-state index in [2.05, 4.69) is 34.7 Å². The van der Waals surface area contributed by atoms with Crippen LogP contribution in [0.3, 0.4) is 0 Å². The zero-order valence-electron chi connectivity index (χ0n) is 10.1. The van der Waals surface area contributed by atoms with Gasteiger partial charge in [0.05, 0.1) is 6.04 Å². The first-order valence-electron chi connectivity index (χ1n) is 6.02. The van der Waals surface area contributed by atoms with E-state index >= 15 is 0 Å². The lowest BCUT2D eigenvalue weighted by Gasteiger charge is -2.13. The summed E-state index contributed by atoms with van der Waals surface area (Å²) in [5, 5.41) is 5.44. The molecule has 92 valence electrons. The Hall–Kier alpha value is -1.81. The highest BCUT2D eigenvalue weighted by atomic mass is 32.1. The number of nitrogens with one attached hydrogen (secondary N) is 1. The largest absolute Gasteiger partial charge is 0.424 e. The highest BCUT2D eigenvalue weighted by molar-refractivity contribution is 7.10. The summed E-state index contributed by atoms with van der Waals surface area (Å²) in [5.74, 6) is 0. The summed E-state index contributed by atoms with van der Waals surface area (Å²) in [6, 6.07) is 12.9. The van der Waals surface area contributed by atoms with E-state index in [1.165, 1.54) is 4.88 Å². The molecule has 3 rings (SSSR count). The van der Waals surface area contributed by atoms with Gasteiger partial charge < -0.3 is 9.73 Å². The summed E-state index contributed by atoms with van der Waals surface area (Å²) in [7, 11) is 0. The van der Waals surface area contributed by atoms with Gasteiger partial charge in [0.25, 0.3) is 6.01 Å². The Morgan fingerprint density at radius 2 is 2.17 bits per heavy atom. The predicted molar refractivity (Wildman–Crippen MR) is 75.0 cm³/mol. The molecule has 3 nitrogen and oxygen atoms in total. The maximum absolute atomic E-state index is 5.68. The van der Waals surface area contributed by atoms with Gasteiger partial charge in [-0.15, -0.1) is 11.3 Å². The third-order valence-corrected chi connectivity index (χ3v) is 3.87. The molecule has 2 aromatic heterocycles. The first-order chi connectivity index (χ1) is 8.86. The maximum Gasteiger partial charge on any atom is 0.296 e. The number of para-hydroxylation sites is 2. The van der Waals surface area contributed by atoms with E-state index in [9.17, 15) is 0 Å². The molecule has 0 radical (unpaired) electrons. The second-order valence-electron chi connectivity index (χ2n) is 4.11. The fourth-order valence-corrected chi connectivity index (χ4v) is 2.81. The maximum atomic E-state index is 5.68. The number of oxazole rings is 1. The van der Waals surface area contributed by atoms with Crippen molar-refractivity contribution in [2.45, 2.75) is 19.4 Å². The lowest BCUT2D eigenvalue weighted by Crippen LogP contribution is -2.08. The highest BCUT2D eigenvalue weighted by Gasteiger charge is 2.13. The molecule has 0 bridgehead atoms. The summed E-state index contributed by atoms with van der Waals surface area (Å²) in [6.07, 6.45) is 0.999. The molecule has 4 heteroatoms. The lowest BCUT2D eigenvalue weighted by molar-refractivity contribution is 0.595. The zero-order chi connectivity index (χ0) is 12.4. The van der Waals surface area contributed by atoms with Crippen molar-refractivity contribution in [3.63, 3.8) is 0 Å². The van der Waals surface area contributed by atoms with Crippen molar-refractivity contribution in [2.75, 3.05) is 5.32 Å². The van der Waals surface area contributed by atoms with Crippen LogP contribution in [0.25, 0.3) is 11.1 Å². The Labute approximate surface area is 109 Å². The van der Waals surface area contributed by atoms with Gasteiger partial charge in [-0.1, -0.05) is 25.1 Å². The van der Waals surface area contributed by atoms with Crippen molar-refractivity contribution in [3.05, 3.63) is 46.7 Å². The fraction of sp³-hybridized carbons (Fsp3) is 0.214. The van der Waals surface area contributed by atoms with Crippen LogP contribution in [0.5, 0.6) is 0 Å². The average Bonchev–Trinajstić information content (AvgIpc) is 3.04. The second kappa shape index (κ2) is 4.82. The summed E-state index contributed by atoms with van der Waals surface area (Å²) >= 11 is 1.75. The van der Waals surface area contributed by atoms with Crippen molar-refractivity contribution in [1.29, 1.82) is 0 Å². The van der Waals surface area contributed by atoms with Crippen LogP contribution in [0.4, 0.5) is 6.01 Å². The van der Waals surface area contributed by atoms with Crippen LogP contribution in [-0.2, 0) is 0 Å². The summed E-state index contributed by atoms with van der Waals surface area (Å²) in [4.78, 5) is 5.74. The van der Waals surface area contributed by atoms with Gasteiger partial charge in [0.15, 0.2) is 5.58 Å². The Morgan fingerprint density at radius 1 is 1.28 bits per heavy atom. The molecule has 0 fully saturated rings. The van der Waals surface area contributed by atoms with Gasteiger partial charge in [-0.3, -0.25) is 0 Å². The SMILES string of the molecule is CCC(Nc1nc2ccccc2o1)c1cccs1. The van der Waals surface area contributed by atoms with E-state index in [4.69, 9.17) is 4.42 Å². The van der Waals surface area contributed by atoms with Crippen LogP contribution < -0.4 is 5.32 Å². The van der Waals surface area contributed by atoms with E-state index < -0.39 is 0 Å². The molecule has 3 aromatic rings. The Kier molecular flexibility index (Phi) is 3.02. The second-order valence-corrected chi connectivity index (χ2v) is 5.09. The summed E-state index contributed by atoms with van der Waals surface area (Å²) in [5.41, 5.74) is 1.71. The van der Waals surface area contributed by atoms with Gasteiger partial charge in [0.2, 0.25) is 0 Å². The van der Waals surface area contributed by atoms with E-state index in [1.54, 1.807) is 11.3 Å². The number of fused-ring (bicyclic) bond motifs is 1. The zero-order valence-corrected chi connectivity index (χ0v) is 10.9. The molecule has 1 atom stereocenters. The van der Waals surface area contributed by atoms with Crippen molar-refractivity contribution in [1.82, 2.24) is 4.98 Å². The van der Waals surface area contributed by atoms with Crippen LogP contribution in [0.1, 0.15) is 24.3 Å². The number of benzene rings is 1. The van der Waals surface area contributed by atoms with E-state index in [0.29, 0.717) is 6.01 Å². The minimum absolute atomic E-state index is 0.262. The number of rotatable bonds is 4. The van der Waals surface area contributed by atoms with Crippen molar-refractivity contribution in [3.8, 4) is 0 Å². The van der Waals surface area contributed by atoms with E-state index in [1.807, 2.05) is 24.3 Å². The predicted octanol–water partition coefficient (Wildman–Crippen LogP) is 4.45. The minimum Gasteiger partial charge on any atom is -0.424 e. The van der Waals surface area contributed by atoms with Gasteiger partial charge in [0, 0.05) is 4.88 Å². The third-order valence-electron chi connectivity index (χ3n) is 2.89. The number of nitrogens with zero attached hydrogens (tertiary/aromatic N) is 1. The lowest BCUT2D eigenvalue weighted by atomic mass is 10.2. The molecule has 0 saturated heterocycles. The van der Waals surface area contributed by atoms with Gasteiger partial charge >= 0.3 is 0 Å². The van der Waals surface area contributed by atoms with Gasteiger partial charge in [-0.2, -0.15) is 4.98 Å². The van der Waals surface area contributed by atoms with Crippen molar-refractivity contribution in [2.24, 2.45) is 0 Å². The molecule has 2 heterocycles. The van der Waals surface area contributed by atoms with Crippen LogP contribution in [0, 0.1) is 0 Å². The minimum atomic E-state index is 0.262. The summed E-state index contributed by atoms with van der Waals surface area (Å²) < 4.78 is 5.68. The first kappa shape index (κ1) is 11.3. The molecule has 0 aliphatic rings. The van der Waals surface area contributed by atoms with Crippen LogP contribution in [-0.4, -0.2) is 4.98 Å². The molecular formula is C14H14N2OS. The number of thiophene rings is 1. The van der Waals surface area contributed by atoms with Gasteiger partial charge in [-0.05, 0) is 30.0 Å². The molecule has 0 spiro atoms. The molecule has 0 aliphatic carbocycles. The fourth-order valence-electron chi connectivity index (χ4n) is 1.95. The van der Waals surface area contributed by atoms with Crippen molar-refractivity contribution >= 4 is 28.5 Å². The molecule has 0 saturated carbocycles. The standard InChI is InChI=1S/C14H14N2OS/c1-2-10(13-8-5-9-18-13)15-14-16-11-6-3-4-7-12(11)17-14/h3-10H,2H2,1H3,(H,15,16).